The van der Waals surface area contributed by atoms with Crippen LogP contribution < -0.4 is 16.0 Å². The fourth-order valence-corrected chi connectivity index (χ4v) is 2.00. The molecule has 1 aromatic rings. The molecule has 0 aliphatic carbocycles. The molecule has 1 saturated heterocycles. The van der Waals surface area contributed by atoms with Crippen molar-refractivity contribution in [3.63, 3.8) is 0 Å². The first-order valence-electron chi connectivity index (χ1n) is 6.43. The third kappa shape index (κ3) is 3.67. The van der Waals surface area contributed by atoms with Gasteiger partial charge < -0.3 is 10.6 Å². The Morgan fingerprint density at radius 1 is 1.47 bits per heavy atom. The molecule has 1 fully saturated rings. The summed E-state index contributed by atoms with van der Waals surface area (Å²) in [6, 6.07) is 2.80. The van der Waals surface area contributed by atoms with Crippen molar-refractivity contribution in [2.45, 2.75) is 32.2 Å². The van der Waals surface area contributed by atoms with E-state index in [0.717, 1.165) is 18.4 Å². The van der Waals surface area contributed by atoms with Gasteiger partial charge in [-0.2, -0.15) is 0 Å². The Bertz CT molecular complexity index is 475. The normalized spacial score (nSPS) is 19.2. The first-order chi connectivity index (χ1) is 9.16. The Morgan fingerprint density at radius 3 is 3.11 bits per heavy atom. The zero-order chi connectivity index (χ0) is 13.7. The van der Waals surface area contributed by atoms with E-state index in [1.165, 1.54) is 0 Å². The maximum Gasteiger partial charge on any atom is 0.321 e. The molecule has 0 bridgehead atoms. The molecule has 0 saturated carbocycles. The summed E-state index contributed by atoms with van der Waals surface area (Å²) in [5, 5.41) is 8.12. The quantitative estimate of drug-likeness (QED) is 0.748. The third-order valence-electron chi connectivity index (χ3n) is 3.08. The Labute approximate surface area is 112 Å². The van der Waals surface area contributed by atoms with Gasteiger partial charge in [0, 0.05) is 12.7 Å². The zero-order valence-electron chi connectivity index (χ0n) is 10.9. The van der Waals surface area contributed by atoms with Crippen LogP contribution in [0.25, 0.3) is 0 Å². The molecule has 1 aromatic heterocycles. The molecule has 6 heteroatoms. The number of nitrogens with one attached hydrogen (secondary N) is 3. The summed E-state index contributed by atoms with van der Waals surface area (Å²) in [7, 11) is 0. The van der Waals surface area contributed by atoms with Crippen molar-refractivity contribution in [1.82, 2.24) is 15.6 Å². The molecule has 0 unspecified atom stereocenters. The molecule has 0 spiro atoms. The van der Waals surface area contributed by atoms with Crippen LogP contribution in [0.3, 0.4) is 0 Å². The van der Waals surface area contributed by atoms with Gasteiger partial charge in [0.1, 0.15) is 11.9 Å². The molecule has 102 valence electrons. The molecule has 6 nitrogen and oxygen atoms in total. The molecule has 0 aromatic carbocycles. The first-order valence-corrected chi connectivity index (χ1v) is 6.43. The predicted octanol–water partition coefficient (Wildman–Crippen LogP) is 1.18. The van der Waals surface area contributed by atoms with Crippen molar-refractivity contribution in [3.05, 3.63) is 23.9 Å². The number of rotatable bonds is 2. The van der Waals surface area contributed by atoms with Crippen LogP contribution in [0.4, 0.5) is 10.6 Å². The highest BCUT2D eigenvalue weighted by atomic mass is 16.2. The van der Waals surface area contributed by atoms with E-state index in [2.05, 4.69) is 20.9 Å². The molecule has 0 radical (unpaired) electrons. The van der Waals surface area contributed by atoms with Crippen LogP contribution in [-0.2, 0) is 4.79 Å². The van der Waals surface area contributed by atoms with Crippen LogP contribution in [0.1, 0.15) is 24.8 Å². The van der Waals surface area contributed by atoms with Gasteiger partial charge in [0.05, 0.1) is 0 Å². The summed E-state index contributed by atoms with van der Waals surface area (Å²) >= 11 is 0. The van der Waals surface area contributed by atoms with Crippen molar-refractivity contribution < 1.29 is 9.59 Å². The highest BCUT2D eigenvalue weighted by Crippen LogP contribution is 2.10. The Morgan fingerprint density at radius 2 is 2.32 bits per heavy atom. The molecule has 3 N–H and O–H groups in total. The monoisotopic (exact) mass is 262 g/mol. The summed E-state index contributed by atoms with van der Waals surface area (Å²) in [6.45, 7) is 2.54. The minimum atomic E-state index is -0.466. The van der Waals surface area contributed by atoms with Crippen LogP contribution in [-0.4, -0.2) is 29.5 Å². The van der Waals surface area contributed by atoms with Gasteiger partial charge in [-0.25, -0.2) is 9.78 Å². The number of carbonyl (C=O) groups excluding carboxylic acids is 2. The highest BCUT2D eigenvalue weighted by Gasteiger charge is 2.22. The number of carbonyl (C=O) groups is 2. The number of pyridine rings is 1. The SMILES string of the molecule is Cc1cccnc1NC(=O)N[C@@H]1CCCCNC1=O. The van der Waals surface area contributed by atoms with Crippen molar-refractivity contribution in [2.24, 2.45) is 0 Å². The largest absolute Gasteiger partial charge is 0.354 e. The summed E-state index contributed by atoms with van der Waals surface area (Å²) < 4.78 is 0. The van der Waals surface area contributed by atoms with Crippen molar-refractivity contribution in [3.8, 4) is 0 Å². The van der Waals surface area contributed by atoms with E-state index in [1.807, 2.05) is 13.0 Å². The molecule has 1 aliphatic rings. The summed E-state index contributed by atoms with van der Waals surface area (Å²) in [6.07, 6.45) is 4.15. The molecule has 2 rings (SSSR count). The van der Waals surface area contributed by atoms with Crippen molar-refractivity contribution in [2.75, 3.05) is 11.9 Å². The molecule has 3 amide bonds. The number of aryl methyl sites for hydroxylation is 1. The standard InChI is InChI=1S/C13H18N4O2/c1-9-5-4-8-14-11(9)17-13(19)16-10-6-2-3-7-15-12(10)18/h4-5,8,10H,2-3,6-7H2,1H3,(H,15,18)(H2,14,16,17,19)/t10-/m1/s1. The molecule has 1 atom stereocenters. The lowest BCUT2D eigenvalue weighted by molar-refractivity contribution is -0.122. The maximum atomic E-state index is 11.8. The van der Waals surface area contributed by atoms with E-state index in [9.17, 15) is 9.59 Å². The fourth-order valence-electron chi connectivity index (χ4n) is 2.00. The van der Waals surface area contributed by atoms with Crippen LogP contribution >= 0.6 is 0 Å². The van der Waals surface area contributed by atoms with Gasteiger partial charge in [-0.3, -0.25) is 10.1 Å². The predicted molar refractivity (Wildman–Crippen MR) is 71.8 cm³/mol. The minimum Gasteiger partial charge on any atom is -0.354 e. The van der Waals surface area contributed by atoms with Gasteiger partial charge in [-0.15, -0.1) is 0 Å². The second kappa shape index (κ2) is 6.17. The van der Waals surface area contributed by atoms with E-state index >= 15 is 0 Å². The number of nitrogens with zero attached hydrogens (tertiary/aromatic N) is 1. The summed E-state index contributed by atoms with van der Waals surface area (Å²) in [5.74, 6) is 0.388. The van der Waals surface area contributed by atoms with Gasteiger partial charge in [0.2, 0.25) is 5.91 Å². The second-order valence-electron chi connectivity index (χ2n) is 4.61. The van der Waals surface area contributed by atoms with Crippen LogP contribution in [0.2, 0.25) is 0 Å². The number of anilines is 1. The minimum absolute atomic E-state index is 0.120. The summed E-state index contributed by atoms with van der Waals surface area (Å²) in [4.78, 5) is 27.6. The topological polar surface area (TPSA) is 83.1 Å². The van der Waals surface area contributed by atoms with E-state index < -0.39 is 12.1 Å². The van der Waals surface area contributed by atoms with Crippen LogP contribution in [0.5, 0.6) is 0 Å². The van der Waals surface area contributed by atoms with Gasteiger partial charge in [-0.05, 0) is 37.8 Å². The van der Waals surface area contributed by atoms with Gasteiger partial charge >= 0.3 is 6.03 Å². The Balaban J connectivity index is 1.93. The van der Waals surface area contributed by atoms with E-state index in [0.29, 0.717) is 18.8 Å². The average molecular weight is 262 g/mol. The molecule has 19 heavy (non-hydrogen) atoms. The lowest BCUT2D eigenvalue weighted by Gasteiger charge is -2.16. The average Bonchev–Trinajstić information content (AvgIpc) is 2.58. The van der Waals surface area contributed by atoms with Crippen LogP contribution in [0, 0.1) is 6.92 Å². The highest BCUT2D eigenvalue weighted by molar-refractivity contribution is 5.93. The molecule has 2 heterocycles. The van der Waals surface area contributed by atoms with E-state index in [1.54, 1.807) is 12.3 Å². The molecule has 1 aliphatic heterocycles. The molecular weight excluding hydrogens is 244 g/mol. The summed E-state index contributed by atoms with van der Waals surface area (Å²) in [5.41, 5.74) is 0.878. The lowest BCUT2D eigenvalue weighted by Crippen LogP contribution is -2.47. The third-order valence-corrected chi connectivity index (χ3v) is 3.08. The second-order valence-corrected chi connectivity index (χ2v) is 4.61. The maximum absolute atomic E-state index is 11.8. The molecular formula is C13H18N4O2. The Kier molecular flexibility index (Phi) is 4.33. The fraction of sp³-hybridized carbons (Fsp3) is 0.462. The van der Waals surface area contributed by atoms with Crippen LogP contribution in [0.15, 0.2) is 18.3 Å². The smallest absolute Gasteiger partial charge is 0.321 e. The number of hydrogen-bond acceptors (Lipinski definition) is 3. The van der Waals surface area contributed by atoms with E-state index in [4.69, 9.17) is 0 Å². The van der Waals surface area contributed by atoms with E-state index in [-0.39, 0.29) is 5.91 Å². The number of hydrogen-bond donors (Lipinski definition) is 3. The Hall–Kier alpha value is -2.11. The van der Waals surface area contributed by atoms with Crippen molar-refractivity contribution >= 4 is 17.8 Å². The number of urea groups is 1. The number of aromatic nitrogens is 1. The van der Waals surface area contributed by atoms with Crippen molar-refractivity contribution in [1.29, 1.82) is 0 Å². The zero-order valence-corrected chi connectivity index (χ0v) is 10.9. The number of amides is 3. The lowest BCUT2D eigenvalue weighted by atomic mass is 10.1. The van der Waals surface area contributed by atoms with Gasteiger partial charge in [0.15, 0.2) is 0 Å². The van der Waals surface area contributed by atoms with Gasteiger partial charge in [-0.1, -0.05) is 6.07 Å². The van der Waals surface area contributed by atoms with Gasteiger partial charge in [0.25, 0.3) is 0 Å². The first kappa shape index (κ1) is 13.3.